The van der Waals surface area contributed by atoms with E-state index in [1.54, 1.807) is 0 Å². The van der Waals surface area contributed by atoms with Gasteiger partial charge >= 0.3 is 0 Å². The summed E-state index contributed by atoms with van der Waals surface area (Å²) in [7, 11) is 0. The fourth-order valence-corrected chi connectivity index (χ4v) is 6.01. The van der Waals surface area contributed by atoms with Gasteiger partial charge in [0.1, 0.15) is 0 Å². The van der Waals surface area contributed by atoms with Gasteiger partial charge in [-0.3, -0.25) is 4.90 Å². The van der Waals surface area contributed by atoms with Crippen molar-refractivity contribution in [1.29, 1.82) is 0 Å². The van der Waals surface area contributed by atoms with Gasteiger partial charge in [-0.15, -0.1) is 0 Å². The van der Waals surface area contributed by atoms with Crippen LogP contribution in [0.25, 0.3) is 0 Å². The van der Waals surface area contributed by atoms with E-state index >= 15 is 0 Å². The van der Waals surface area contributed by atoms with Crippen molar-refractivity contribution in [3.63, 3.8) is 0 Å². The number of thiocarbonyl (C=S) groups is 1. The summed E-state index contributed by atoms with van der Waals surface area (Å²) in [6.07, 6.45) is 0.996. The van der Waals surface area contributed by atoms with E-state index in [0.717, 1.165) is 31.2 Å². The molecule has 2 aliphatic rings. The molecule has 0 fully saturated rings. The van der Waals surface area contributed by atoms with Crippen LogP contribution in [0.5, 0.6) is 0 Å². The molecule has 5 rings (SSSR count). The van der Waals surface area contributed by atoms with Crippen LogP contribution in [-0.4, -0.2) is 23.1 Å². The first-order valence-electron chi connectivity index (χ1n) is 14.0. The summed E-state index contributed by atoms with van der Waals surface area (Å²) >= 11 is 5.76. The van der Waals surface area contributed by atoms with Gasteiger partial charge in [0, 0.05) is 31.2 Å². The quantitative estimate of drug-likeness (QED) is 0.316. The van der Waals surface area contributed by atoms with Gasteiger partial charge in [-0.1, -0.05) is 106 Å². The minimum atomic E-state index is 0.0894. The second-order valence-electron chi connectivity index (χ2n) is 11.7. The molecule has 3 aromatic rings. The Morgan fingerprint density at radius 1 is 0.816 bits per heavy atom. The highest BCUT2D eigenvalue weighted by molar-refractivity contribution is 7.80. The Bertz CT molecular complexity index is 1290. The molecule has 198 valence electrons. The normalized spacial score (nSPS) is 19.9. The van der Waals surface area contributed by atoms with E-state index in [2.05, 4.69) is 123 Å². The summed E-state index contributed by atoms with van der Waals surface area (Å²) in [4.78, 5) is 2.61. The smallest absolute Gasteiger partial charge is 0.171 e. The monoisotopic (exact) mass is 523 g/mol. The molecular formula is C34H41N3S. The van der Waals surface area contributed by atoms with Crippen LogP contribution < -0.4 is 10.6 Å². The van der Waals surface area contributed by atoms with Crippen molar-refractivity contribution < 1.29 is 0 Å². The molecule has 0 aliphatic carbocycles. The molecule has 0 bridgehead atoms. The van der Waals surface area contributed by atoms with Crippen molar-refractivity contribution in [2.24, 2.45) is 5.92 Å². The van der Waals surface area contributed by atoms with E-state index in [9.17, 15) is 0 Å². The summed E-state index contributed by atoms with van der Waals surface area (Å²) in [6.45, 7) is 14.0. The molecule has 38 heavy (non-hydrogen) atoms. The molecule has 0 saturated heterocycles. The zero-order valence-corrected chi connectivity index (χ0v) is 24.2. The molecule has 0 radical (unpaired) electrons. The van der Waals surface area contributed by atoms with Gasteiger partial charge in [0.15, 0.2) is 5.11 Å². The first kappa shape index (κ1) is 26.6. The molecule has 3 nitrogen and oxygen atoms in total. The van der Waals surface area contributed by atoms with Crippen LogP contribution >= 0.6 is 12.2 Å². The van der Waals surface area contributed by atoms with Gasteiger partial charge in [0.25, 0.3) is 0 Å². The molecule has 0 amide bonds. The van der Waals surface area contributed by atoms with Gasteiger partial charge in [-0.05, 0) is 70.8 Å². The maximum atomic E-state index is 5.76. The van der Waals surface area contributed by atoms with Gasteiger partial charge < -0.3 is 10.6 Å². The Hall–Kier alpha value is -2.95. The zero-order chi connectivity index (χ0) is 26.8. The minimum Gasteiger partial charge on any atom is -0.352 e. The highest BCUT2D eigenvalue weighted by Gasteiger charge is 2.36. The van der Waals surface area contributed by atoms with Crippen LogP contribution in [0.3, 0.4) is 0 Å². The summed E-state index contributed by atoms with van der Waals surface area (Å²) < 4.78 is 0. The number of nitrogens with one attached hydrogen (secondary N) is 2. The lowest BCUT2D eigenvalue weighted by atomic mass is 9.83. The van der Waals surface area contributed by atoms with Crippen LogP contribution in [0.15, 0.2) is 84.1 Å². The molecular weight excluding hydrogens is 482 g/mol. The minimum absolute atomic E-state index is 0.0894. The molecule has 3 aromatic carbocycles. The largest absolute Gasteiger partial charge is 0.352 e. The van der Waals surface area contributed by atoms with Crippen LogP contribution in [0, 0.1) is 12.8 Å². The number of rotatable bonds is 7. The predicted octanol–water partition coefficient (Wildman–Crippen LogP) is 7.39. The van der Waals surface area contributed by atoms with Gasteiger partial charge in [0.05, 0.1) is 6.04 Å². The Kier molecular flexibility index (Phi) is 8.01. The van der Waals surface area contributed by atoms with Gasteiger partial charge in [-0.2, -0.15) is 0 Å². The van der Waals surface area contributed by atoms with E-state index in [1.165, 1.54) is 44.7 Å². The van der Waals surface area contributed by atoms with Crippen molar-refractivity contribution in [3.05, 3.63) is 117 Å². The van der Waals surface area contributed by atoms with Crippen LogP contribution in [0.1, 0.15) is 79.0 Å². The third-order valence-corrected chi connectivity index (χ3v) is 8.31. The predicted molar refractivity (Wildman–Crippen MR) is 163 cm³/mol. The van der Waals surface area contributed by atoms with Crippen molar-refractivity contribution in [1.82, 2.24) is 15.5 Å². The molecule has 0 spiro atoms. The SMILES string of the molecule is Cc1ccc(CN2CC3=C(NC(=S)NC3c3ccc(C(C)C)cc3)C(Cc3ccc(C(C)C)cc3)C2)cc1. The molecule has 2 atom stereocenters. The molecule has 2 N–H and O–H groups in total. The average Bonchev–Trinajstić information content (AvgIpc) is 2.90. The summed E-state index contributed by atoms with van der Waals surface area (Å²) in [5.74, 6) is 1.42. The first-order valence-corrected chi connectivity index (χ1v) is 14.4. The number of hydrogen-bond acceptors (Lipinski definition) is 2. The van der Waals surface area contributed by atoms with E-state index in [4.69, 9.17) is 12.2 Å². The standard InChI is InChI=1S/C34H41N3S/c1-22(2)27-12-10-25(11-13-27)18-30-20-37(19-26-8-6-24(5)7-9-26)21-31-32(35-34(38)36-33(30)31)29-16-14-28(15-17-29)23(3)4/h6-17,22-23,30,32H,18-21H2,1-5H3,(H2,35,36,38). The molecule has 4 heteroatoms. The summed E-state index contributed by atoms with van der Waals surface area (Å²) in [6, 6.07) is 27.4. The van der Waals surface area contributed by atoms with Crippen molar-refractivity contribution in [3.8, 4) is 0 Å². The number of aryl methyl sites for hydroxylation is 1. The third kappa shape index (κ3) is 6.03. The van der Waals surface area contributed by atoms with E-state index < -0.39 is 0 Å². The summed E-state index contributed by atoms with van der Waals surface area (Å²) in [5, 5.41) is 7.96. The number of benzene rings is 3. The molecule has 2 unspecified atom stereocenters. The summed E-state index contributed by atoms with van der Waals surface area (Å²) in [5.41, 5.74) is 10.8. The van der Waals surface area contributed by atoms with E-state index in [-0.39, 0.29) is 6.04 Å². The lowest BCUT2D eigenvalue weighted by Crippen LogP contribution is -2.52. The van der Waals surface area contributed by atoms with E-state index in [0.29, 0.717) is 17.8 Å². The van der Waals surface area contributed by atoms with Gasteiger partial charge in [-0.25, -0.2) is 0 Å². The Morgan fingerprint density at radius 3 is 2.00 bits per heavy atom. The Morgan fingerprint density at radius 2 is 1.39 bits per heavy atom. The van der Waals surface area contributed by atoms with Gasteiger partial charge in [0.2, 0.25) is 0 Å². The fraction of sp³-hybridized carbons (Fsp3) is 0.382. The molecule has 0 saturated carbocycles. The topological polar surface area (TPSA) is 27.3 Å². The van der Waals surface area contributed by atoms with Crippen LogP contribution in [0.4, 0.5) is 0 Å². The lowest BCUT2D eigenvalue weighted by molar-refractivity contribution is 0.221. The second kappa shape index (κ2) is 11.4. The fourth-order valence-electron chi connectivity index (χ4n) is 5.78. The average molecular weight is 524 g/mol. The first-order chi connectivity index (χ1) is 18.3. The maximum Gasteiger partial charge on any atom is 0.171 e. The Labute approximate surface area is 234 Å². The number of hydrogen-bond donors (Lipinski definition) is 2. The number of nitrogens with zero attached hydrogens (tertiary/aromatic N) is 1. The molecule has 0 aromatic heterocycles. The second-order valence-corrected chi connectivity index (χ2v) is 12.2. The van der Waals surface area contributed by atoms with E-state index in [1.807, 2.05) is 0 Å². The van der Waals surface area contributed by atoms with Crippen molar-refractivity contribution in [2.45, 2.75) is 65.5 Å². The zero-order valence-electron chi connectivity index (χ0n) is 23.4. The maximum absolute atomic E-state index is 5.76. The Balaban J connectivity index is 1.48. The molecule has 2 aliphatic heterocycles. The van der Waals surface area contributed by atoms with Crippen LogP contribution in [-0.2, 0) is 13.0 Å². The molecule has 2 heterocycles. The van der Waals surface area contributed by atoms with Crippen LogP contribution in [0.2, 0.25) is 0 Å². The van der Waals surface area contributed by atoms with Crippen molar-refractivity contribution >= 4 is 17.3 Å². The highest BCUT2D eigenvalue weighted by Crippen LogP contribution is 2.36. The third-order valence-electron chi connectivity index (χ3n) is 8.09. The van der Waals surface area contributed by atoms with Crippen molar-refractivity contribution in [2.75, 3.05) is 13.1 Å². The lowest BCUT2D eigenvalue weighted by Gasteiger charge is -2.43. The highest BCUT2D eigenvalue weighted by atomic mass is 32.1.